The molecule has 0 bridgehead atoms. The molecule has 0 spiro atoms. The van der Waals surface area contributed by atoms with E-state index in [9.17, 15) is 0 Å². The van der Waals surface area contributed by atoms with Crippen LogP contribution in [0.25, 0.3) is 0 Å². The molecule has 0 heterocycles. The Hall–Kier alpha value is -0.300. The van der Waals surface area contributed by atoms with Gasteiger partial charge in [0.2, 0.25) is 0 Å². The maximum atomic E-state index is 2.12. The van der Waals surface area contributed by atoms with Crippen molar-refractivity contribution >= 4 is 0 Å². The monoisotopic (exact) mass is 313 g/mol. The summed E-state index contributed by atoms with van der Waals surface area (Å²) in [5.41, 5.74) is 0. The van der Waals surface area contributed by atoms with Crippen LogP contribution in [0.4, 0.5) is 0 Å². The maximum absolute atomic E-state index is 2.12. The van der Waals surface area contributed by atoms with E-state index in [2.05, 4.69) is 48.6 Å². The minimum absolute atomic E-state index is 0. The quantitative estimate of drug-likeness (QED) is 0.645. The predicted octanol–water partition coefficient (Wildman–Crippen LogP) is 3.00. The first-order chi connectivity index (χ1) is 5.00. The van der Waals surface area contributed by atoms with Gasteiger partial charge in [-0.1, -0.05) is 48.6 Å². The molecule has 1 radical (unpaired) electrons. The average Bonchev–Trinajstić information content (AvgIpc) is 2.67. The fraction of sp³-hybridized carbons (Fsp3) is 0.200. The van der Waals surface area contributed by atoms with Crippen molar-refractivity contribution in [1.29, 1.82) is 0 Å². The second-order valence-corrected chi connectivity index (χ2v) is 2.18. The summed E-state index contributed by atoms with van der Waals surface area (Å²) in [5.74, 6) is 0. The second kappa shape index (κ2) is 7.80. The molecule has 11 heavy (non-hydrogen) atoms. The molecule has 0 aliphatic heterocycles. The van der Waals surface area contributed by atoms with E-state index >= 15 is 0 Å². The van der Waals surface area contributed by atoms with Gasteiger partial charge in [0.05, 0.1) is 0 Å². The van der Waals surface area contributed by atoms with Crippen LogP contribution in [0.2, 0.25) is 0 Å². The van der Waals surface area contributed by atoms with Crippen molar-refractivity contribution in [1.82, 2.24) is 0 Å². The molecule has 0 fully saturated rings. The molecule has 0 N–H and O–H groups in total. The summed E-state index contributed by atoms with van der Waals surface area (Å²) in [7, 11) is 0. The topological polar surface area (TPSA) is 0 Å². The zero-order valence-corrected chi connectivity index (χ0v) is 9.69. The second-order valence-electron chi connectivity index (χ2n) is 2.18. The van der Waals surface area contributed by atoms with Gasteiger partial charge in [-0.3, -0.25) is 0 Å². The number of rotatable bonds is 0. The fourth-order valence-corrected chi connectivity index (χ4v) is 0.786. The van der Waals surface area contributed by atoms with E-state index < -0.39 is 0 Å². The number of hydrogen-bond donors (Lipinski definition) is 0. The predicted molar refractivity (Wildman–Crippen MR) is 45.8 cm³/mol. The van der Waals surface area contributed by atoms with Crippen LogP contribution in [0.5, 0.6) is 0 Å². The van der Waals surface area contributed by atoms with Gasteiger partial charge in [-0.25, -0.2) is 0 Å². The van der Waals surface area contributed by atoms with E-state index in [0.29, 0.717) is 0 Å². The fourth-order valence-electron chi connectivity index (χ4n) is 0.786. The maximum Gasteiger partial charge on any atom is 0 e. The van der Waals surface area contributed by atoms with Crippen LogP contribution in [0.3, 0.4) is 0 Å². The van der Waals surface area contributed by atoms with Gasteiger partial charge in [0, 0.05) is 22.4 Å². The van der Waals surface area contributed by atoms with Gasteiger partial charge in [0.25, 0.3) is 0 Å². The molecule has 57 valence electrons. The molecule has 0 aromatic heterocycles. The Labute approximate surface area is 83.9 Å². The smallest absolute Gasteiger partial charge is 0 e. The Kier molecular flexibility index (Phi) is 7.59. The van der Waals surface area contributed by atoms with E-state index in [4.69, 9.17) is 0 Å². The third-order valence-electron chi connectivity index (χ3n) is 1.31. The molecular weight excluding hydrogens is 301 g/mol. The molecule has 0 nitrogen and oxygen atoms in total. The summed E-state index contributed by atoms with van der Waals surface area (Å²) in [6.07, 6.45) is 19.0. The molecular formula is C10H12Ta. The molecule has 0 aromatic carbocycles. The van der Waals surface area contributed by atoms with Gasteiger partial charge in [-0.05, 0) is 12.8 Å². The summed E-state index contributed by atoms with van der Waals surface area (Å²) >= 11 is 0. The first-order valence-electron chi connectivity index (χ1n) is 3.63. The van der Waals surface area contributed by atoms with Crippen LogP contribution in [-0.2, 0) is 22.4 Å². The molecule has 2 aliphatic carbocycles. The van der Waals surface area contributed by atoms with Gasteiger partial charge < -0.3 is 0 Å². The normalized spacial score (nSPS) is 16.0. The third-order valence-corrected chi connectivity index (χ3v) is 1.31. The Morgan fingerprint density at radius 1 is 0.545 bits per heavy atom. The first kappa shape index (κ1) is 10.7. The Bertz CT molecular complexity index is 143. The zero-order chi connectivity index (χ0) is 7.07. The van der Waals surface area contributed by atoms with E-state index in [1.54, 1.807) is 0 Å². The van der Waals surface area contributed by atoms with Crippen molar-refractivity contribution in [2.24, 2.45) is 0 Å². The van der Waals surface area contributed by atoms with Gasteiger partial charge in [0.15, 0.2) is 0 Å². The first-order valence-corrected chi connectivity index (χ1v) is 3.63. The SMILES string of the molecule is C1=CCC=C1.C1=CCC=C1.[Ta]. The van der Waals surface area contributed by atoms with Crippen molar-refractivity contribution in [3.8, 4) is 0 Å². The van der Waals surface area contributed by atoms with Gasteiger partial charge >= 0.3 is 0 Å². The Morgan fingerprint density at radius 2 is 0.818 bits per heavy atom. The van der Waals surface area contributed by atoms with E-state index in [1.807, 2.05) is 0 Å². The largest absolute Gasteiger partial charge is 0.0808 e. The molecule has 0 unspecified atom stereocenters. The summed E-state index contributed by atoms with van der Waals surface area (Å²) in [6, 6.07) is 0. The van der Waals surface area contributed by atoms with E-state index in [1.165, 1.54) is 0 Å². The van der Waals surface area contributed by atoms with Crippen molar-refractivity contribution in [3.63, 3.8) is 0 Å². The molecule has 1 heteroatoms. The van der Waals surface area contributed by atoms with Crippen LogP contribution in [0.1, 0.15) is 12.8 Å². The molecule has 2 aliphatic rings. The summed E-state index contributed by atoms with van der Waals surface area (Å²) in [4.78, 5) is 0. The number of hydrogen-bond acceptors (Lipinski definition) is 0. The van der Waals surface area contributed by atoms with Crippen molar-refractivity contribution in [2.45, 2.75) is 12.8 Å². The minimum atomic E-state index is 0. The van der Waals surface area contributed by atoms with Crippen LogP contribution >= 0.6 is 0 Å². The molecule has 0 saturated carbocycles. The Morgan fingerprint density at radius 3 is 0.909 bits per heavy atom. The third kappa shape index (κ3) is 6.11. The van der Waals surface area contributed by atoms with Crippen molar-refractivity contribution < 1.29 is 22.4 Å². The average molecular weight is 313 g/mol. The summed E-state index contributed by atoms with van der Waals surface area (Å²) < 4.78 is 0. The molecule has 0 atom stereocenters. The molecule has 2 rings (SSSR count). The van der Waals surface area contributed by atoms with E-state index in [0.717, 1.165) is 12.8 Å². The van der Waals surface area contributed by atoms with Crippen LogP contribution in [0, 0.1) is 0 Å². The zero-order valence-electron chi connectivity index (χ0n) is 6.48. The number of allylic oxidation sites excluding steroid dienone is 8. The van der Waals surface area contributed by atoms with Crippen LogP contribution in [0.15, 0.2) is 48.6 Å². The van der Waals surface area contributed by atoms with Gasteiger partial charge in [-0.2, -0.15) is 0 Å². The molecule has 0 amide bonds. The van der Waals surface area contributed by atoms with Crippen LogP contribution < -0.4 is 0 Å². The van der Waals surface area contributed by atoms with Crippen molar-refractivity contribution in [2.75, 3.05) is 0 Å². The summed E-state index contributed by atoms with van der Waals surface area (Å²) in [6.45, 7) is 0. The standard InChI is InChI=1S/2C5H6.Ta/c2*1-2-4-5-3-1;/h2*1-4H,5H2;. The minimum Gasteiger partial charge on any atom is -0.0808 e. The van der Waals surface area contributed by atoms with E-state index in [-0.39, 0.29) is 22.4 Å². The summed E-state index contributed by atoms with van der Waals surface area (Å²) in [5, 5.41) is 0. The van der Waals surface area contributed by atoms with Crippen molar-refractivity contribution in [3.05, 3.63) is 48.6 Å². The van der Waals surface area contributed by atoms with Gasteiger partial charge in [0.1, 0.15) is 0 Å². The Balaban J connectivity index is 0.000000167. The molecule has 0 aromatic rings. The van der Waals surface area contributed by atoms with Gasteiger partial charge in [-0.15, -0.1) is 0 Å². The molecule has 0 saturated heterocycles. The van der Waals surface area contributed by atoms with Crippen LogP contribution in [-0.4, -0.2) is 0 Å².